The minimum absolute atomic E-state index is 0.0280. The highest BCUT2D eigenvalue weighted by molar-refractivity contribution is 6.14. The van der Waals surface area contributed by atoms with Gasteiger partial charge in [0, 0.05) is 30.4 Å². The molecule has 0 saturated heterocycles. The number of amides is 1. The van der Waals surface area contributed by atoms with E-state index in [1.165, 1.54) is 5.57 Å². The van der Waals surface area contributed by atoms with Gasteiger partial charge in [0.2, 0.25) is 0 Å². The van der Waals surface area contributed by atoms with Crippen LogP contribution in [0.25, 0.3) is 5.57 Å². The predicted octanol–water partition coefficient (Wildman–Crippen LogP) is 0.801. The van der Waals surface area contributed by atoms with Gasteiger partial charge in [-0.15, -0.1) is 0 Å². The molecular weight excluding hydrogens is 228 g/mol. The molecule has 2 aliphatic heterocycles. The number of hydrogen-bond acceptors (Lipinski definition) is 3. The summed E-state index contributed by atoms with van der Waals surface area (Å²) in [5.74, 6) is 0.0280. The molecule has 0 unspecified atom stereocenters. The van der Waals surface area contributed by atoms with Crippen LogP contribution in [0.5, 0.6) is 0 Å². The fourth-order valence-corrected chi connectivity index (χ4v) is 3.02. The molecule has 0 fully saturated rings. The molecule has 4 rings (SSSR count). The molecule has 0 aromatic carbocycles. The molecule has 5 heteroatoms. The molecule has 1 aromatic rings. The zero-order valence-corrected chi connectivity index (χ0v) is 10.1. The molecule has 0 atom stereocenters. The van der Waals surface area contributed by atoms with E-state index in [1.807, 2.05) is 10.9 Å². The first-order valence-electron chi connectivity index (χ1n) is 6.44. The second-order valence-corrected chi connectivity index (χ2v) is 5.00. The lowest BCUT2D eigenvalue weighted by molar-refractivity contribution is 0.0949. The van der Waals surface area contributed by atoms with Crippen molar-refractivity contribution >= 4 is 17.7 Å². The molecule has 0 radical (unpaired) electrons. The fourth-order valence-electron chi connectivity index (χ4n) is 3.02. The number of hydrogen-bond donors (Lipinski definition) is 1. The third-order valence-electron chi connectivity index (χ3n) is 3.91. The van der Waals surface area contributed by atoms with Crippen LogP contribution in [0.4, 0.5) is 0 Å². The zero-order valence-electron chi connectivity index (χ0n) is 10.1. The first kappa shape index (κ1) is 10.1. The Labute approximate surface area is 105 Å². The Morgan fingerprint density at radius 1 is 1.33 bits per heavy atom. The van der Waals surface area contributed by atoms with Crippen LogP contribution in [0.2, 0.25) is 0 Å². The molecule has 5 nitrogen and oxygen atoms in total. The molecule has 1 N–H and O–H groups in total. The van der Waals surface area contributed by atoms with E-state index in [9.17, 15) is 4.79 Å². The number of aromatic nitrogens is 2. The van der Waals surface area contributed by atoms with Crippen LogP contribution in [-0.2, 0) is 13.0 Å². The summed E-state index contributed by atoms with van der Waals surface area (Å²) in [4.78, 5) is 16.4. The molecule has 3 heterocycles. The second-order valence-electron chi connectivity index (χ2n) is 5.00. The minimum atomic E-state index is 0.0280. The zero-order chi connectivity index (χ0) is 12.1. The number of allylic oxidation sites excluding steroid dienone is 1. The molecule has 1 aromatic heterocycles. The number of fused-ring (bicyclic) bond motifs is 4. The Kier molecular flexibility index (Phi) is 1.98. The number of carbonyl (C=O) groups is 1. The van der Waals surface area contributed by atoms with Gasteiger partial charge in [-0.25, -0.2) is 0 Å². The monoisotopic (exact) mass is 242 g/mol. The first-order valence-corrected chi connectivity index (χ1v) is 6.44. The van der Waals surface area contributed by atoms with Crippen molar-refractivity contribution in [1.82, 2.24) is 15.1 Å². The van der Waals surface area contributed by atoms with Gasteiger partial charge < -0.3 is 5.32 Å². The summed E-state index contributed by atoms with van der Waals surface area (Å²) >= 11 is 0. The maximum absolute atomic E-state index is 12.1. The van der Waals surface area contributed by atoms with Gasteiger partial charge in [0.1, 0.15) is 5.69 Å². The van der Waals surface area contributed by atoms with E-state index in [0.29, 0.717) is 0 Å². The Morgan fingerprint density at radius 3 is 3.22 bits per heavy atom. The van der Waals surface area contributed by atoms with Gasteiger partial charge in [0.15, 0.2) is 0 Å². The van der Waals surface area contributed by atoms with Crippen molar-refractivity contribution in [1.29, 1.82) is 0 Å². The van der Waals surface area contributed by atoms with Crippen molar-refractivity contribution in [2.75, 3.05) is 13.1 Å². The van der Waals surface area contributed by atoms with E-state index < -0.39 is 0 Å². The van der Waals surface area contributed by atoms with Gasteiger partial charge in [-0.05, 0) is 24.8 Å². The Bertz CT molecular complexity index is 609. The van der Waals surface area contributed by atoms with Crippen LogP contribution in [0.3, 0.4) is 0 Å². The largest absolute Gasteiger partial charge is 0.351 e. The highest BCUT2D eigenvalue weighted by Gasteiger charge is 2.30. The van der Waals surface area contributed by atoms with Crippen LogP contribution in [0.1, 0.15) is 34.6 Å². The van der Waals surface area contributed by atoms with Gasteiger partial charge >= 0.3 is 0 Å². The topological polar surface area (TPSA) is 59.3 Å². The molecule has 0 bridgehead atoms. The summed E-state index contributed by atoms with van der Waals surface area (Å²) in [6.45, 7) is 2.37. The number of rotatable bonds is 0. The molecule has 0 saturated carbocycles. The third-order valence-corrected chi connectivity index (χ3v) is 3.91. The molecular formula is C13H14N4O. The molecule has 3 aliphatic rings. The average molecular weight is 242 g/mol. The first-order chi connectivity index (χ1) is 8.84. The lowest BCUT2D eigenvalue weighted by Gasteiger charge is -2.13. The Hall–Kier alpha value is -1.91. The van der Waals surface area contributed by atoms with E-state index in [-0.39, 0.29) is 5.91 Å². The van der Waals surface area contributed by atoms with Crippen molar-refractivity contribution < 1.29 is 4.79 Å². The maximum atomic E-state index is 12.1. The number of nitrogens with zero attached hydrogens (tertiary/aromatic N) is 3. The van der Waals surface area contributed by atoms with Crippen LogP contribution in [0, 0.1) is 0 Å². The summed E-state index contributed by atoms with van der Waals surface area (Å²) < 4.78 is 1.88. The van der Waals surface area contributed by atoms with Crippen molar-refractivity contribution in [3.63, 3.8) is 0 Å². The molecule has 0 spiro atoms. The molecule has 1 aliphatic carbocycles. The number of aryl methyl sites for hydroxylation is 1. The predicted molar refractivity (Wildman–Crippen MR) is 67.8 cm³/mol. The van der Waals surface area contributed by atoms with Gasteiger partial charge in [0.25, 0.3) is 5.91 Å². The van der Waals surface area contributed by atoms with Crippen LogP contribution < -0.4 is 5.32 Å². The quantitative estimate of drug-likeness (QED) is 0.731. The number of carbonyl (C=O) groups excluding carboxylic acids is 1. The summed E-state index contributed by atoms with van der Waals surface area (Å²) in [6.07, 6.45) is 4.78. The fraction of sp³-hybridized carbons (Fsp3) is 0.462. The number of nitrogens with one attached hydrogen (secondary N) is 1. The standard InChI is InChI=1S/C13H14N4O/c18-13-12-9-3-2-8-6-14-7-10(8)11(9)16-17(12)5-1-4-15-13/h7H,1-6H2,(H,15,18). The average Bonchev–Trinajstić information content (AvgIpc) is 2.93. The SMILES string of the molecule is O=C1NCCCn2nc3c(c21)CCC1=C3C=NC1. The van der Waals surface area contributed by atoms with Crippen molar-refractivity contribution in [3.05, 3.63) is 22.5 Å². The van der Waals surface area contributed by atoms with Crippen LogP contribution in [-0.4, -0.2) is 35.0 Å². The minimum Gasteiger partial charge on any atom is -0.351 e. The lowest BCUT2D eigenvalue weighted by atomic mass is 9.90. The van der Waals surface area contributed by atoms with Gasteiger partial charge in [-0.1, -0.05) is 0 Å². The van der Waals surface area contributed by atoms with E-state index >= 15 is 0 Å². The third kappa shape index (κ3) is 1.24. The van der Waals surface area contributed by atoms with Gasteiger partial charge in [-0.2, -0.15) is 5.10 Å². The molecule has 92 valence electrons. The summed E-state index contributed by atoms with van der Waals surface area (Å²) in [5.41, 5.74) is 5.40. The van der Waals surface area contributed by atoms with E-state index in [4.69, 9.17) is 0 Å². The summed E-state index contributed by atoms with van der Waals surface area (Å²) in [6, 6.07) is 0. The normalized spacial score (nSPS) is 21.2. The highest BCUT2D eigenvalue weighted by Crippen LogP contribution is 2.34. The maximum Gasteiger partial charge on any atom is 0.269 e. The summed E-state index contributed by atoms with van der Waals surface area (Å²) in [7, 11) is 0. The Morgan fingerprint density at radius 2 is 2.28 bits per heavy atom. The molecule has 1 amide bonds. The van der Waals surface area contributed by atoms with Crippen molar-refractivity contribution in [2.24, 2.45) is 4.99 Å². The lowest BCUT2D eigenvalue weighted by Crippen LogP contribution is -2.24. The van der Waals surface area contributed by atoms with Gasteiger partial charge in [-0.3, -0.25) is 14.5 Å². The van der Waals surface area contributed by atoms with Crippen molar-refractivity contribution in [3.8, 4) is 0 Å². The van der Waals surface area contributed by atoms with Crippen molar-refractivity contribution in [2.45, 2.75) is 25.8 Å². The van der Waals surface area contributed by atoms with E-state index in [1.54, 1.807) is 0 Å². The smallest absolute Gasteiger partial charge is 0.269 e. The highest BCUT2D eigenvalue weighted by atomic mass is 16.2. The second kappa shape index (κ2) is 3.54. The molecule has 18 heavy (non-hydrogen) atoms. The number of aliphatic imine (C=N–C) groups is 1. The van der Waals surface area contributed by atoms with Crippen LogP contribution >= 0.6 is 0 Å². The van der Waals surface area contributed by atoms with E-state index in [0.717, 1.165) is 61.4 Å². The summed E-state index contributed by atoms with van der Waals surface area (Å²) in [5, 5.41) is 7.60. The van der Waals surface area contributed by atoms with Crippen LogP contribution in [0.15, 0.2) is 10.6 Å². The van der Waals surface area contributed by atoms with Gasteiger partial charge in [0.05, 0.1) is 12.2 Å². The van der Waals surface area contributed by atoms with E-state index in [2.05, 4.69) is 15.4 Å². The Balaban J connectivity index is 1.93.